The molecule has 0 unspecified atom stereocenters. The Hall–Kier alpha value is -0.210. The van der Waals surface area contributed by atoms with Crippen LogP contribution in [0, 0.1) is 0 Å². The standard InChI is InChI=1S/C9H19N3O3S/c1-15-9-6-8(7-9)11-16(13,14)12-4-2-10-3-5-12/h8-11H,2-7H2,1H3. The fraction of sp³-hybridized carbons (Fsp3) is 1.00. The number of methoxy groups -OCH3 is 1. The Morgan fingerprint density at radius 2 is 1.94 bits per heavy atom. The molecule has 0 aromatic rings. The van der Waals surface area contributed by atoms with Crippen LogP contribution in [0.5, 0.6) is 0 Å². The third-order valence-electron chi connectivity index (χ3n) is 3.16. The highest BCUT2D eigenvalue weighted by atomic mass is 32.2. The van der Waals surface area contributed by atoms with E-state index in [-0.39, 0.29) is 12.1 Å². The zero-order chi connectivity index (χ0) is 11.6. The van der Waals surface area contributed by atoms with E-state index < -0.39 is 10.2 Å². The molecule has 1 aliphatic heterocycles. The monoisotopic (exact) mass is 249 g/mol. The topological polar surface area (TPSA) is 70.7 Å². The second-order valence-corrected chi connectivity index (χ2v) is 6.00. The maximum atomic E-state index is 11.9. The predicted molar refractivity (Wildman–Crippen MR) is 60.3 cm³/mol. The van der Waals surface area contributed by atoms with E-state index in [1.54, 1.807) is 7.11 Å². The fourth-order valence-electron chi connectivity index (χ4n) is 2.02. The fourth-order valence-corrected chi connectivity index (χ4v) is 3.45. The van der Waals surface area contributed by atoms with Crippen molar-refractivity contribution in [2.45, 2.75) is 25.0 Å². The van der Waals surface area contributed by atoms with E-state index in [9.17, 15) is 8.42 Å². The molecule has 1 heterocycles. The number of nitrogens with zero attached hydrogens (tertiary/aromatic N) is 1. The number of nitrogens with one attached hydrogen (secondary N) is 2. The predicted octanol–water partition coefficient (Wildman–Crippen LogP) is -1.10. The zero-order valence-electron chi connectivity index (χ0n) is 9.48. The van der Waals surface area contributed by atoms with E-state index in [4.69, 9.17) is 4.74 Å². The maximum Gasteiger partial charge on any atom is 0.279 e. The van der Waals surface area contributed by atoms with Crippen LogP contribution in [0.25, 0.3) is 0 Å². The number of hydrogen-bond donors (Lipinski definition) is 2. The van der Waals surface area contributed by atoms with Crippen molar-refractivity contribution >= 4 is 10.2 Å². The molecule has 0 aromatic carbocycles. The van der Waals surface area contributed by atoms with Gasteiger partial charge in [-0.2, -0.15) is 17.4 Å². The Morgan fingerprint density at radius 1 is 1.31 bits per heavy atom. The molecule has 2 aliphatic rings. The molecule has 2 rings (SSSR count). The first-order valence-electron chi connectivity index (χ1n) is 5.63. The van der Waals surface area contributed by atoms with Crippen molar-refractivity contribution in [2.24, 2.45) is 0 Å². The van der Waals surface area contributed by atoms with Crippen molar-refractivity contribution in [3.63, 3.8) is 0 Å². The van der Waals surface area contributed by atoms with Crippen molar-refractivity contribution in [1.82, 2.24) is 14.3 Å². The van der Waals surface area contributed by atoms with Gasteiger partial charge in [-0.1, -0.05) is 0 Å². The van der Waals surface area contributed by atoms with Crippen molar-refractivity contribution < 1.29 is 13.2 Å². The van der Waals surface area contributed by atoms with Crippen LogP contribution in [0.2, 0.25) is 0 Å². The van der Waals surface area contributed by atoms with E-state index in [0.717, 1.165) is 25.9 Å². The molecule has 2 fully saturated rings. The van der Waals surface area contributed by atoms with Gasteiger partial charge in [0.2, 0.25) is 0 Å². The van der Waals surface area contributed by atoms with Gasteiger partial charge in [-0.15, -0.1) is 0 Å². The van der Waals surface area contributed by atoms with Crippen molar-refractivity contribution in [3.8, 4) is 0 Å². The van der Waals surface area contributed by atoms with E-state index >= 15 is 0 Å². The van der Waals surface area contributed by atoms with Crippen molar-refractivity contribution in [2.75, 3.05) is 33.3 Å². The lowest BCUT2D eigenvalue weighted by Gasteiger charge is -2.36. The first-order valence-corrected chi connectivity index (χ1v) is 7.07. The minimum Gasteiger partial charge on any atom is -0.381 e. The van der Waals surface area contributed by atoms with Crippen molar-refractivity contribution in [1.29, 1.82) is 0 Å². The molecule has 1 saturated heterocycles. The van der Waals surface area contributed by atoms with Crippen LogP contribution in [-0.2, 0) is 14.9 Å². The van der Waals surface area contributed by atoms with Crippen LogP contribution in [0.1, 0.15) is 12.8 Å². The van der Waals surface area contributed by atoms with E-state index in [2.05, 4.69) is 10.0 Å². The minimum atomic E-state index is -3.29. The smallest absolute Gasteiger partial charge is 0.279 e. The highest BCUT2D eigenvalue weighted by Crippen LogP contribution is 2.23. The Labute approximate surface area is 96.5 Å². The van der Waals surface area contributed by atoms with Gasteiger partial charge in [-0.3, -0.25) is 0 Å². The summed E-state index contributed by atoms with van der Waals surface area (Å²) in [4.78, 5) is 0. The molecule has 1 saturated carbocycles. The van der Waals surface area contributed by atoms with E-state index in [1.807, 2.05) is 0 Å². The van der Waals surface area contributed by atoms with Crippen LogP contribution < -0.4 is 10.0 Å². The summed E-state index contributed by atoms with van der Waals surface area (Å²) in [5.74, 6) is 0. The third-order valence-corrected chi connectivity index (χ3v) is 4.84. The molecule has 0 radical (unpaired) electrons. The highest BCUT2D eigenvalue weighted by Gasteiger charge is 2.34. The molecule has 0 aromatic heterocycles. The summed E-state index contributed by atoms with van der Waals surface area (Å²) < 4.78 is 33.2. The highest BCUT2D eigenvalue weighted by molar-refractivity contribution is 7.87. The quantitative estimate of drug-likeness (QED) is 0.664. The number of ether oxygens (including phenoxy) is 1. The van der Waals surface area contributed by atoms with Crippen LogP contribution in [0.3, 0.4) is 0 Å². The summed E-state index contributed by atoms with van der Waals surface area (Å²) in [5, 5.41) is 3.13. The van der Waals surface area contributed by atoms with Crippen LogP contribution in [0.15, 0.2) is 0 Å². The Balaban J connectivity index is 1.83. The molecule has 1 aliphatic carbocycles. The first kappa shape index (κ1) is 12.3. The average molecular weight is 249 g/mol. The normalized spacial score (nSPS) is 32.3. The molecule has 0 spiro atoms. The summed E-state index contributed by atoms with van der Waals surface area (Å²) in [7, 11) is -1.63. The minimum absolute atomic E-state index is 0.0461. The second kappa shape index (κ2) is 4.97. The van der Waals surface area contributed by atoms with Crippen LogP contribution in [-0.4, -0.2) is 58.2 Å². The van der Waals surface area contributed by atoms with Gasteiger partial charge >= 0.3 is 0 Å². The Morgan fingerprint density at radius 3 is 2.50 bits per heavy atom. The van der Waals surface area contributed by atoms with Gasteiger partial charge in [0, 0.05) is 39.3 Å². The molecule has 7 heteroatoms. The SMILES string of the molecule is COC1CC(NS(=O)(=O)N2CCNCC2)C1. The van der Waals surface area contributed by atoms with Gasteiger partial charge in [-0.05, 0) is 12.8 Å². The lowest BCUT2D eigenvalue weighted by Crippen LogP contribution is -2.55. The van der Waals surface area contributed by atoms with Gasteiger partial charge in [-0.25, -0.2) is 0 Å². The van der Waals surface area contributed by atoms with E-state index in [0.29, 0.717) is 13.1 Å². The molecule has 0 atom stereocenters. The second-order valence-electron chi connectivity index (χ2n) is 4.30. The zero-order valence-corrected chi connectivity index (χ0v) is 10.3. The third kappa shape index (κ3) is 2.72. The molecule has 16 heavy (non-hydrogen) atoms. The molecular formula is C9H19N3O3S. The van der Waals surface area contributed by atoms with Crippen LogP contribution >= 0.6 is 0 Å². The number of piperazine rings is 1. The lowest BCUT2D eigenvalue weighted by atomic mass is 9.90. The summed E-state index contributed by atoms with van der Waals surface area (Å²) >= 11 is 0. The summed E-state index contributed by atoms with van der Waals surface area (Å²) in [6.07, 6.45) is 1.78. The lowest BCUT2D eigenvalue weighted by molar-refractivity contribution is 0.0231. The van der Waals surface area contributed by atoms with Crippen LogP contribution in [0.4, 0.5) is 0 Å². The van der Waals surface area contributed by atoms with Gasteiger partial charge in [0.15, 0.2) is 0 Å². The Kier molecular flexibility index (Phi) is 3.81. The largest absolute Gasteiger partial charge is 0.381 e. The maximum absolute atomic E-state index is 11.9. The van der Waals surface area contributed by atoms with E-state index in [1.165, 1.54) is 4.31 Å². The molecular weight excluding hydrogens is 230 g/mol. The first-order chi connectivity index (χ1) is 7.62. The van der Waals surface area contributed by atoms with Gasteiger partial charge < -0.3 is 10.1 Å². The molecule has 2 N–H and O–H groups in total. The van der Waals surface area contributed by atoms with Gasteiger partial charge in [0.05, 0.1) is 6.10 Å². The summed E-state index contributed by atoms with van der Waals surface area (Å²) in [6, 6.07) is 0.0461. The summed E-state index contributed by atoms with van der Waals surface area (Å²) in [6.45, 7) is 2.56. The molecule has 94 valence electrons. The number of rotatable bonds is 4. The molecule has 0 bridgehead atoms. The number of hydrogen-bond acceptors (Lipinski definition) is 4. The van der Waals surface area contributed by atoms with Crippen molar-refractivity contribution in [3.05, 3.63) is 0 Å². The van der Waals surface area contributed by atoms with Gasteiger partial charge in [0.1, 0.15) is 0 Å². The summed E-state index contributed by atoms with van der Waals surface area (Å²) in [5.41, 5.74) is 0. The Bertz CT molecular complexity index is 321. The molecule has 0 amide bonds. The molecule has 6 nitrogen and oxygen atoms in total. The van der Waals surface area contributed by atoms with Gasteiger partial charge in [0.25, 0.3) is 10.2 Å². The average Bonchev–Trinajstić information content (AvgIpc) is 2.24.